The van der Waals surface area contributed by atoms with Gasteiger partial charge in [-0.2, -0.15) is 0 Å². The maximum atomic E-state index is 14.0. The average molecular weight is 573 g/mol. The topological polar surface area (TPSA) is 84.3 Å². The second-order valence-electron chi connectivity index (χ2n) is 11.1. The first kappa shape index (κ1) is 27.4. The highest BCUT2D eigenvalue weighted by molar-refractivity contribution is 7.89. The molecule has 0 bridgehead atoms. The van der Waals surface area contributed by atoms with E-state index in [0.717, 1.165) is 40.9 Å². The minimum absolute atomic E-state index is 0.0336. The van der Waals surface area contributed by atoms with Gasteiger partial charge in [0.2, 0.25) is 15.9 Å². The zero-order valence-electron chi connectivity index (χ0n) is 23.1. The van der Waals surface area contributed by atoms with Crippen molar-refractivity contribution in [1.82, 2.24) is 14.3 Å². The van der Waals surface area contributed by atoms with Gasteiger partial charge in [-0.3, -0.25) is 4.79 Å². The third-order valence-corrected chi connectivity index (χ3v) is 9.74. The Bertz CT molecular complexity index is 1700. The van der Waals surface area contributed by atoms with E-state index in [1.807, 2.05) is 49.0 Å². The zero-order valence-corrected chi connectivity index (χ0v) is 23.9. The minimum Gasteiger partial charge on any atom is -0.337 e. The summed E-state index contributed by atoms with van der Waals surface area (Å²) in [4.78, 5) is 20.4. The van der Waals surface area contributed by atoms with Crippen LogP contribution in [0.25, 0.3) is 0 Å². The molecule has 1 amide bonds. The SMILES string of the molecule is Cc1ccc(S(=O)(=O)N[C@H]2CCCc3ccc(N(Cc4nccn4C)C(=O)[C@H]4C[C@H]4c4cccc(F)c4)cc32)cc1. The molecule has 1 N–H and O–H groups in total. The molecule has 6 rings (SSSR count). The maximum absolute atomic E-state index is 14.0. The molecule has 2 aliphatic carbocycles. The molecule has 4 aromatic rings. The van der Waals surface area contributed by atoms with Crippen molar-refractivity contribution in [1.29, 1.82) is 0 Å². The molecule has 2 aliphatic rings. The van der Waals surface area contributed by atoms with Crippen molar-refractivity contribution in [2.24, 2.45) is 13.0 Å². The Morgan fingerprint density at radius 1 is 1.12 bits per heavy atom. The van der Waals surface area contributed by atoms with E-state index < -0.39 is 16.1 Å². The number of hydrogen-bond donors (Lipinski definition) is 1. The average Bonchev–Trinajstić information content (AvgIpc) is 3.66. The van der Waals surface area contributed by atoms with Gasteiger partial charge in [-0.15, -0.1) is 0 Å². The number of aryl methyl sites for hydroxylation is 3. The molecule has 212 valence electrons. The number of nitrogens with zero attached hydrogens (tertiary/aromatic N) is 3. The summed E-state index contributed by atoms with van der Waals surface area (Å²) in [5.41, 5.74) is 4.48. The molecular weight excluding hydrogens is 539 g/mol. The van der Waals surface area contributed by atoms with E-state index in [0.29, 0.717) is 18.5 Å². The molecule has 0 aliphatic heterocycles. The molecule has 0 unspecified atom stereocenters. The number of benzene rings is 3. The molecule has 0 spiro atoms. The Kier molecular flexibility index (Phi) is 7.25. The molecule has 7 nitrogen and oxygen atoms in total. The fourth-order valence-electron chi connectivity index (χ4n) is 5.81. The lowest BCUT2D eigenvalue weighted by atomic mass is 9.87. The molecule has 0 saturated heterocycles. The second kappa shape index (κ2) is 10.9. The van der Waals surface area contributed by atoms with E-state index in [4.69, 9.17) is 0 Å². The monoisotopic (exact) mass is 572 g/mol. The first-order valence-corrected chi connectivity index (χ1v) is 15.4. The van der Waals surface area contributed by atoms with Crippen LogP contribution in [0.4, 0.5) is 10.1 Å². The molecule has 3 aromatic carbocycles. The number of aromatic nitrogens is 2. The van der Waals surface area contributed by atoms with E-state index in [1.54, 1.807) is 41.4 Å². The normalized spacial score (nSPS) is 19.9. The lowest BCUT2D eigenvalue weighted by molar-refractivity contribution is -0.120. The number of halogens is 1. The van der Waals surface area contributed by atoms with Crippen molar-refractivity contribution in [2.45, 2.75) is 56.0 Å². The van der Waals surface area contributed by atoms with Crippen LogP contribution in [-0.4, -0.2) is 23.9 Å². The van der Waals surface area contributed by atoms with Gasteiger partial charge in [-0.25, -0.2) is 22.5 Å². The second-order valence-corrected chi connectivity index (χ2v) is 12.9. The van der Waals surface area contributed by atoms with Crippen LogP contribution < -0.4 is 9.62 Å². The molecule has 41 heavy (non-hydrogen) atoms. The largest absolute Gasteiger partial charge is 0.337 e. The summed E-state index contributed by atoms with van der Waals surface area (Å²) in [6, 6.07) is 18.8. The molecule has 0 radical (unpaired) electrons. The van der Waals surface area contributed by atoms with E-state index >= 15 is 0 Å². The fraction of sp³-hybridized carbons (Fsp3) is 0.312. The predicted octanol–water partition coefficient (Wildman–Crippen LogP) is 5.56. The van der Waals surface area contributed by atoms with Crippen LogP contribution in [0, 0.1) is 18.7 Å². The van der Waals surface area contributed by atoms with E-state index in [1.165, 1.54) is 12.1 Å². The highest BCUT2D eigenvalue weighted by Gasteiger charge is 2.46. The number of amides is 1. The molecule has 3 atom stereocenters. The Hall–Kier alpha value is -3.82. The van der Waals surface area contributed by atoms with Crippen LogP contribution in [0.2, 0.25) is 0 Å². The third-order valence-electron chi connectivity index (χ3n) is 8.26. The summed E-state index contributed by atoms with van der Waals surface area (Å²) in [5, 5.41) is 0. The van der Waals surface area contributed by atoms with Crippen LogP contribution >= 0.6 is 0 Å². The Morgan fingerprint density at radius 3 is 2.66 bits per heavy atom. The quantitative estimate of drug-likeness (QED) is 0.300. The van der Waals surface area contributed by atoms with Crippen molar-refractivity contribution in [3.63, 3.8) is 0 Å². The van der Waals surface area contributed by atoms with Gasteiger partial charge in [0.15, 0.2) is 0 Å². The fourth-order valence-corrected chi connectivity index (χ4v) is 7.06. The van der Waals surface area contributed by atoms with Crippen molar-refractivity contribution in [3.05, 3.63) is 113 Å². The molecule has 1 aromatic heterocycles. The summed E-state index contributed by atoms with van der Waals surface area (Å²) in [6.07, 6.45) is 6.57. The van der Waals surface area contributed by atoms with Gasteiger partial charge in [0.1, 0.15) is 11.6 Å². The van der Waals surface area contributed by atoms with E-state index in [-0.39, 0.29) is 35.0 Å². The number of carbonyl (C=O) groups excluding carboxylic acids is 1. The van der Waals surface area contributed by atoms with Crippen LogP contribution in [-0.2, 0) is 34.8 Å². The summed E-state index contributed by atoms with van der Waals surface area (Å²) < 4.78 is 45.2. The smallest absolute Gasteiger partial charge is 0.241 e. The molecule has 1 heterocycles. The minimum atomic E-state index is -3.73. The number of fused-ring (bicyclic) bond motifs is 1. The van der Waals surface area contributed by atoms with Gasteiger partial charge in [-0.05, 0) is 91.6 Å². The summed E-state index contributed by atoms with van der Waals surface area (Å²) in [7, 11) is -1.85. The first-order valence-electron chi connectivity index (χ1n) is 13.9. The van der Waals surface area contributed by atoms with Crippen LogP contribution in [0.1, 0.15) is 59.3 Å². The Balaban J connectivity index is 1.31. The number of rotatable bonds is 8. The van der Waals surface area contributed by atoms with Gasteiger partial charge in [-0.1, -0.05) is 35.9 Å². The van der Waals surface area contributed by atoms with Gasteiger partial charge < -0.3 is 9.47 Å². The van der Waals surface area contributed by atoms with Gasteiger partial charge in [0.05, 0.1) is 11.4 Å². The van der Waals surface area contributed by atoms with Crippen molar-refractivity contribution >= 4 is 21.6 Å². The number of carbonyl (C=O) groups is 1. The third kappa shape index (κ3) is 5.69. The van der Waals surface area contributed by atoms with E-state index in [9.17, 15) is 17.6 Å². The van der Waals surface area contributed by atoms with Crippen LogP contribution in [0.15, 0.2) is 84.0 Å². The molecule has 9 heteroatoms. The number of sulfonamides is 1. The summed E-state index contributed by atoms with van der Waals surface area (Å²) in [5.74, 6) is 0.0856. The van der Waals surface area contributed by atoms with Crippen molar-refractivity contribution < 1.29 is 17.6 Å². The van der Waals surface area contributed by atoms with Gasteiger partial charge >= 0.3 is 0 Å². The number of anilines is 1. The maximum Gasteiger partial charge on any atom is 0.241 e. The van der Waals surface area contributed by atoms with Crippen molar-refractivity contribution in [2.75, 3.05) is 4.90 Å². The van der Waals surface area contributed by atoms with Crippen LogP contribution in [0.5, 0.6) is 0 Å². The highest BCUT2D eigenvalue weighted by Crippen LogP contribution is 2.49. The predicted molar refractivity (Wildman–Crippen MR) is 155 cm³/mol. The zero-order chi connectivity index (χ0) is 28.7. The lowest BCUT2D eigenvalue weighted by Crippen LogP contribution is -2.34. The van der Waals surface area contributed by atoms with Crippen LogP contribution in [0.3, 0.4) is 0 Å². The first-order chi connectivity index (χ1) is 19.7. The van der Waals surface area contributed by atoms with E-state index in [2.05, 4.69) is 9.71 Å². The van der Waals surface area contributed by atoms with Crippen molar-refractivity contribution in [3.8, 4) is 0 Å². The lowest BCUT2D eigenvalue weighted by Gasteiger charge is -2.29. The number of nitrogens with one attached hydrogen (secondary N) is 1. The summed E-state index contributed by atoms with van der Waals surface area (Å²) >= 11 is 0. The number of imidazole rings is 1. The molecular formula is C32H33FN4O3S. The Morgan fingerprint density at radius 2 is 1.93 bits per heavy atom. The highest BCUT2D eigenvalue weighted by atomic mass is 32.2. The summed E-state index contributed by atoms with van der Waals surface area (Å²) in [6.45, 7) is 2.19. The molecule has 1 saturated carbocycles. The standard InChI is InChI=1S/C32H33FN4O3S/c1-21-9-13-26(14-10-21)41(39,40)35-30-8-4-5-22-11-12-25(18-28(22)30)37(20-31-34-15-16-36(31)2)32(38)29-19-27(29)23-6-3-7-24(33)17-23/h3,6-7,9-18,27,29-30,35H,4-5,8,19-20H2,1-2H3/t27-,29-,30-/m0/s1. The van der Waals surface area contributed by atoms with Gasteiger partial charge in [0, 0.05) is 37.1 Å². The van der Waals surface area contributed by atoms with Gasteiger partial charge in [0.25, 0.3) is 0 Å². The molecule has 1 fully saturated rings. The Labute approximate surface area is 240 Å². The number of hydrogen-bond acceptors (Lipinski definition) is 4.